The van der Waals surface area contributed by atoms with Crippen LogP contribution in [0.25, 0.3) is 5.69 Å². The van der Waals surface area contributed by atoms with Crippen molar-refractivity contribution in [3.8, 4) is 5.69 Å². The second-order valence-corrected chi connectivity index (χ2v) is 7.47. The van der Waals surface area contributed by atoms with Crippen LogP contribution in [-0.4, -0.2) is 39.0 Å². The molecule has 1 amide bonds. The van der Waals surface area contributed by atoms with Crippen LogP contribution >= 0.6 is 11.8 Å². The molecule has 1 aliphatic heterocycles. The summed E-state index contributed by atoms with van der Waals surface area (Å²) in [5.41, 5.74) is 7.62. The zero-order chi connectivity index (χ0) is 17.1. The topological polar surface area (TPSA) is 77.0 Å². The number of nitrogens with two attached hydrogens (primary N) is 1. The Labute approximate surface area is 146 Å². The molecule has 128 valence electrons. The van der Waals surface area contributed by atoms with Crippen molar-refractivity contribution in [3.63, 3.8) is 0 Å². The maximum Gasteiger partial charge on any atom is 0.232 e. The van der Waals surface area contributed by atoms with Gasteiger partial charge in [0.2, 0.25) is 11.9 Å². The molecule has 0 spiro atoms. The summed E-state index contributed by atoms with van der Waals surface area (Å²) in [7, 11) is 0. The van der Waals surface area contributed by atoms with Crippen molar-refractivity contribution in [2.24, 2.45) is 5.73 Å². The molecule has 0 radical (unpaired) electrons. The molecule has 2 heterocycles. The number of aromatic nitrogens is 3. The number of amides is 1. The number of nitrogens with zero attached hydrogens (tertiary/aromatic N) is 4. The minimum atomic E-state index is -0.354. The number of aryl methyl sites for hydroxylation is 1. The van der Waals surface area contributed by atoms with E-state index < -0.39 is 0 Å². The first-order valence-corrected chi connectivity index (χ1v) is 9.17. The summed E-state index contributed by atoms with van der Waals surface area (Å²) in [6.45, 7) is 5.83. The van der Waals surface area contributed by atoms with E-state index in [9.17, 15) is 4.79 Å². The van der Waals surface area contributed by atoms with Crippen molar-refractivity contribution in [1.29, 1.82) is 0 Å². The number of hydrogen-bond acceptors (Lipinski definition) is 5. The first kappa shape index (κ1) is 16.8. The summed E-state index contributed by atoms with van der Waals surface area (Å²) in [6.07, 6.45) is 3.59. The fourth-order valence-electron chi connectivity index (χ4n) is 2.77. The van der Waals surface area contributed by atoms with Crippen LogP contribution in [0.15, 0.2) is 29.4 Å². The molecule has 0 saturated carbocycles. The molecule has 0 aliphatic carbocycles. The van der Waals surface area contributed by atoms with Crippen molar-refractivity contribution in [2.75, 3.05) is 18.0 Å². The Kier molecular flexibility index (Phi) is 5.08. The fourth-order valence-corrected chi connectivity index (χ4v) is 3.59. The van der Waals surface area contributed by atoms with Gasteiger partial charge in [0.25, 0.3) is 0 Å². The van der Waals surface area contributed by atoms with Crippen molar-refractivity contribution < 1.29 is 4.79 Å². The lowest BCUT2D eigenvalue weighted by Gasteiger charge is -2.28. The van der Waals surface area contributed by atoms with Crippen molar-refractivity contribution in [3.05, 3.63) is 29.8 Å². The van der Waals surface area contributed by atoms with Crippen LogP contribution in [0.4, 0.5) is 5.95 Å². The van der Waals surface area contributed by atoms with Gasteiger partial charge in [-0.2, -0.15) is 0 Å². The van der Waals surface area contributed by atoms with Crippen LogP contribution in [0, 0.1) is 6.92 Å². The van der Waals surface area contributed by atoms with E-state index in [2.05, 4.69) is 46.3 Å². The highest BCUT2D eigenvalue weighted by atomic mass is 32.2. The van der Waals surface area contributed by atoms with Gasteiger partial charge < -0.3 is 10.6 Å². The number of hydrogen-bond donors (Lipinski definition) is 1. The Bertz CT molecular complexity index is 706. The van der Waals surface area contributed by atoms with Gasteiger partial charge in [0.15, 0.2) is 5.16 Å². The second-order valence-electron chi connectivity index (χ2n) is 6.16. The molecule has 1 atom stereocenters. The van der Waals surface area contributed by atoms with Gasteiger partial charge in [0.05, 0.1) is 10.9 Å². The number of carbonyl (C=O) groups excluding carboxylic acids is 1. The van der Waals surface area contributed by atoms with Gasteiger partial charge in [-0.15, -0.1) is 10.2 Å². The molecular formula is C17H23N5OS. The van der Waals surface area contributed by atoms with E-state index in [0.29, 0.717) is 5.16 Å². The highest BCUT2D eigenvalue weighted by Gasteiger charge is 2.23. The summed E-state index contributed by atoms with van der Waals surface area (Å²) in [4.78, 5) is 13.7. The van der Waals surface area contributed by atoms with E-state index in [0.717, 1.165) is 24.7 Å². The SMILES string of the molecule is Cc1ccc(-n2c(S[C@@H](C)C(N)=O)nnc2N2CCCCC2)cc1. The van der Waals surface area contributed by atoms with Gasteiger partial charge in [0.1, 0.15) is 0 Å². The molecule has 7 heteroatoms. The number of carbonyl (C=O) groups is 1. The predicted octanol–water partition coefficient (Wildman–Crippen LogP) is 2.53. The van der Waals surface area contributed by atoms with Crippen LogP contribution in [0.1, 0.15) is 31.7 Å². The molecule has 1 aliphatic rings. The fraction of sp³-hybridized carbons (Fsp3) is 0.471. The highest BCUT2D eigenvalue weighted by molar-refractivity contribution is 8.00. The van der Waals surface area contributed by atoms with Crippen LogP contribution in [0.2, 0.25) is 0 Å². The van der Waals surface area contributed by atoms with E-state index >= 15 is 0 Å². The first-order chi connectivity index (χ1) is 11.6. The maximum absolute atomic E-state index is 11.4. The standard InChI is InChI=1S/C17H23N5OS/c1-12-6-8-14(9-7-12)22-16(21-10-4-3-5-11-21)19-20-17(22)24-13(2)15(18)23/h6-9,13H,3-5,10-11H2,1-2H3,(H2,18,23)/t13-/m0/s1. The molecule has 2 N–H and O–H groups in total. The minimum absolute atomic E-state index is 0.349. The lowest BCUT2D eigenvalue weighted by atomic mass is 10.1. The van der Waals surface area contributed by atoms with Gasteiger partial charge in [0, 0.05) is 13.1 Å². The Morgan fingerprint density at radius 3 is 2.46 bits per heavy atom. The zero-order valence-corrected chi connectivity index (χ0v) is 14.9. The summed E-state index contributed by atoms with van der Waals surface area (Å²) >= 11 is 1.35. The van der Waals surface area contributed by atoms with Crippen molar-refractivity contribution >= 4 is 23.6 Å². The molecule has 24 heavy (non-hydrogen) atoms. The molecule has 1 saturated heterocycles. The predicted molar refractivity (Wildman–Crippen MR) is 96.7 cm³/mol. The van der Waals surface area contributed by atoms with E-state index in [1.807, 2.05) is 4.57 Å². The molecule has 1 aromatic heterocycles. The Balaban J connectivity index is 2.01. The summed E-state index contributed by atoms with van der Waals surface area (Å²) < 4.78 is 2.04. The molecule has 1 fully saturated rings. The average molecular weight is 345 g/mol. The molecular weight excluding hydrogens is 322 g/mol. The van der Waals surface area contributed by atoms with Crippen LogP contribution < -0.4 is 10.6 Å². The maximum atomic E-state index is 11.4. The Hall–Kier alpha value is -2.02. The summed E-state index contributed by atoms with van der Waals surface area (Å²) in [5.74, 6) is 0.496. The van der Waals surface area contributed by atoms with Gasteiger partial charge in [-0.05, 0) is 45.2 Å². The van der Waals surface area contributed by atoms with Gasteiger partial charge in [-0.3, -0.25) is 9.36 Å². The highest BCUT2D eigenvalue weighted by Crippen LogP contribution is 2.30. The van der Waals surface area contributed by atoms with Crippen LogP contribution in [0.5, 0.6) is 0 Å². The lowest BCUT2D eigenvalue weighted by Crippen LogP contribution is -2.31. The van der Waals surface area contributed by atoms with Gasteiger partial charge in [-0.1, -0.05) is 29.5 Å². The van der Waals surface area contributed by atoms with E-state index in [4.69, 9.17) is 5.73 Å². The number of benzene rings is 1. The van der Waals surface area contributed by atoms with Gasteiger partial charge in [-0.25, -0.2) is 0 Å². The quantitative estimate of drug-likeness (QED) is 0.843. The Morgan fingerprint density at radius 1 is 1.17 bits per heavy atom. The summed E-state index contributed by atoms with van der Waals surface area (Å²) in [6, 6.07) is 8.26. The third kappa shape index (κ3) is 3.56. The monoisotopic (exact) mass is 345 g/mol. The molecule has 0 bridgehead atoms. The third-order valence-electron chi connectivity index (χ3n) is 4.23. The van der Waals surface area contributed by atoms with Crippen molar-refractivity contribution in [2.45, 2.75) is 43.5 Å². The number of anilines is 1. The Morgan fingerprint density at radius 2 is 1.83 bits per heavy atom. The third-order valence-corrected chi connectivity index (χ3v) is 5.29. The van der Waals surface area contributed by atoms with E-state index in [1.165, 1.54) is 36.6 Å². The number of thioether (sulfide) groups is 1. The first-order valence-electron chi connectivity index (χ1n) is 8.29. The molecule has 1 aromatic carbocycles. The molecule has 6 nitrogen and oxygen atoms in total. The second kappa shape index (κ2) is 7.25. The molecule has 3 rings (SSSR count). The van der Waals surface area contributed by atoms with Crippen LogP contribution in [-0.2, 0) is 4.79 Å². The lowest BCUT2D eigenvalue weighted by molar-refractivity contribution is -0.117. The molecule has 0 unspecified atom stereocenters. The average Bonchev–Trinajstić information content (AvgIpc) is 3.00. The minimum Gasteiger partial charge on any atom is -0.369 e. The van der Waals surface area contributed by atoms with E-state index in [1.54, 1.807) is 6.92 Å². The zero-order valence-electron chi connectivity index (χ0n) is 14.1. The number of primary amides is 1. The van der Waals surface area contributed by atoms with Crippen LogP contribution in [0.3, 0.4) is 0 Å². The number of piperidine rings is 1. The van der Waals surface area contributed by atoms with Crippen molar-refractivity contribution in [1.82, 2.24) is 14.8 Å². The van der Waals surface area contributed by atoms with Gasteiger partial charge >= 0.3 is 0 Å². The smallest absolute Gasteiger partial charge is 0.232 e. The number of rotatable bonds is 5. The molecule has 2 aromatic rings. The largest absolute Gasteiger partial charge is 0.369 e. The summed E-state index contributed by atoms with van der Waals surface area (Å²) in [5, 5.41) is 9.10. The normalized spacial score (nSPS) is 16.2. The van der Waals surface area contributed by atoms with E-state index in [-0.39, 0.29) is 11.2 Å².